The molecule has 1 aromatic rings. The van der Waals surface area contributed by atoms with E-state index < -0.39 is 0 Å². The SMILES string of the molecule is O=C1CN(C(=O)Cc2ccccn2)CCCN1. The van der Waals surface area contributed by atoms with Crippen LogP contribution in [0.1, 0.15) is 12.1 Å². The van der Waals surface area contributed by atoms with E-state index in [4.69, 9.17) is 0 Å². The Kier molecular flexibility index (Phi) is 3.69. The van der Waals surface area contributed by atoms with Gasteiger partial charge in [-0.1, -0.05) is 6.07 Å². The van der Waals surface area contributed by atoms with E-state index in [9.17, 15) is 9.59 Å². The zero-order chi connectivity index (χ0) is 12.1. The van der Waals surface area contributed by atoms with Crippen LogP contribution < -0.4 is 5.32 Å². The Morgan fingerprint density at radius 2 is 2.35 bits per heavy atom. The molecule has 0 radical (unpaired) electrons. The zero-order valence-corrected chi connectivity index (χ0v) is 9.56. The standard InChI is InChI=1S/C12H15N3O2/c16-11-9-15(7-3-6-14-11)12(17)8-10-4-1-2-5-13-10/h1-2,4-5H,3,6-9H2,(H,14,16). The molecular weight excluding hydrogens is 218 g/mol. The fraction of sp³-hybridized carbons (Fsp3) is 0.417. The maximum absolute atomic E-state index is 12.0. The summed E-state index contributed by atoms with van der Waals surface area (Å²) in [6, 6.07) is 5.48. The highest BCUT2D eigenvalue weighted by molar-refractivity contribution is 5.85. The van der Waals surface area contributed by atoms with Gasteiger partial charge in [-0.15, -0.1) is 0 Å². The van der Waals surface area contributed by atoms with Crippen LogP contribution >= 0.6 is 0 Å². The number of nitrogens with zero attached hydrogens (tertiary/aromatic N) is 2. The van der Waals surface area contributed by atoms with Crippen LogP contribution in [-0.4, -0.2) is 41.3 Å². The van der Waals surface area contributed by atoms with Gasteiger partial charge >= 0.3 is 0 Å². The Morgan fingerprint density at radius 1 is 1.47 bits per heavy atom. The number of carbonyl (C=O) groups is 2. The van der Waals surface area contributed by atoms with E-state index in [1.165, 1.54) is 0 Å². The van der Waals surface area contributed by atoms with E-state index >= 15 is 0 Å². The number of hydrogen-bond acceptors (Lipinski definition) is 3. The van der Waals surface area contributed by atoms with Gasteiger partial charge < -0.3 is 10.2 Å². The van der Waals surface area contributed by atoms with Gasteiger partial charge in [0.1, 0.15) is 0 Å². The summed E-state index contributed by atoms with van der Waals surface area (Å²) in [4.78, 5) is 29.0. The third-order valence-corrected chi connectivity index (χ3v) is 2.67. The molecule has 2 rings (SSSR count). The van der Waals surface area contributed by atoms with Gasteiger partial charge in [0.25, 0.3) is 0 Å². The second-order valence-corrected chi connectivity index (χ2v) is 4.02. The average molecular weight is 233 g/mol. The van der Waals surface area contributed by atoms with Gasteiger partial charge in [0.05, 0.1) is 13.0 Å². The molecule has 90 valence electrons. The minimum atomic E-state index is -0.0862. The maximum Gasteiger partial charge on any atom is 0.239 e. The van der Waals surface area contributed by atoms with Crippen molar-refractivity contribution in [2.24, 2.45) is 0 Å². The molecule has 17 heavy (non-hydrogen) atoms. The van der Waals surface area contributed by atoms with Crippen molar-refractivity contribution in [2.75, 3.05) is 19.6 Å². The van der Waals surface area contributed by atoms with Gasteiger partial charge in [-0.3, -0.25) is 14.6 Å². The summed E-state index contributed by atoms with van der Waals surface area (Å²) in [6.45, 7) is 1.43. The molecule has 1 fully saturated rings. The summed E-state index contributed by atoms with van der Waals surface area (Å²) in [5.74, 6) is -0.127. The smallest absolute Gasteiger partial charge is 0.239 e. The van der Waals surface area contributed by atoms with Crippen LogP contribution in [-0.2, 0) is 16.0 Å². The summed E-state index contributed by atoms with van der Waals surface area (Å²) in [5, 5.41) is 2.74. The van der Waals surface area contributed by atoms with Crippen LogP contribution in [0, 0.1) is 0 Å². The lowest BCUT2D eigenvalue weighted by Crippen LogP contribution is -2.38. The highest BCUT2D eigenvalue weighted by Gasteiger charge is 2.19. The van der Waals surface area contributed by atoms with Crippen molar-refractivity contribution in [3.63, 3.8) is 0 Å². The van der Waals surface area contributed by atoms with Crippen LogP contribution in [0.25, 0.3) is 0 Å². The first-order valence-corrected chi connectivity index (χ1v) is 5.70. The maximum atomic E-state index is 12.0. The fourth-order valence-electron chi connectivity index (χ4n) is 1.79. The predicted octanol–water partition coefficient (Wildman–Crippen LogP) is -0.0274. The quantitative estimate of drug-likeness (QED) is 0.780. The lowest BCUT2D eigenvalue weighted by molar-refractivity contribution is -0.134. The Labute approximate surface area is 99.8 Å². The molecular formula is C12H15N3O2. The minimum absolute atomic E-state index is 0.0410. The van der Waals surface area contributed by atoms with Gasteiger partial charge in [0, 0.05) is 25.0 Å². The van der Waals surface area contributed by atoms with Gasteiger partial charge in [-0.25, -0.2) is 0 Å². The second-order valence-electron chi connectivity index (χ2n) is 4.02. The van der Waals surface area contributed by atoms with Crippen LogP contribution in [0.4, 0.5) is 0 Å². The van der Waals surface area contributed by atoms with E-state index in [-0.39, 0.29) is 24.8 Å². The second kappa shape index (κ2) is 5.43. The average Bonchev–Trinajstić information content (AvgIpc) is 2.55. The van der Waals surface area contributed by atoms with E-state index in [1.807, 2.05) is 18.2 Å². The molecule has 0 unspecified atom stereocenters. The van der Waals surface area contributed by atoms with Crippen molar-refractivity contribution >= 4 is 11.8 Å². The largest absolute Gasteiger partial charge is 0.354 e. The molecule has 1 N–H and O–H groups in total. The van der Waals surface area contributed by atoms with Crippen LogP contribution in [0.5, 0.6) is 0 Å². The minimum Gasteiger partial charge on any atom is -0.354 e. The Bertz CT molecular complexity index is 405. The predicted molar refractivity (Wildman–Crippen MR) is 62.1 cm³/mol. The van der Waals surface area contributed by atoms with Gasteiger partial charge in [-0.05, 0) is 18.6 Å². The summed E-state index contributed by atoms with van der Waals surface area (Å²) in [6.07, 6.45) is 2.73. The number of amides is 2. The number of rotatable bonds is 2. The van der Waals surface area contributed by atoms with Gasteiger partial charge in [-0.2, -0.15) is 0 Å². The molecule has 1 aromatic heterocycles. The van der Waals surface area contributed by atoms with Crippen molar-refractivity contribution in [2.45, 2.75) is 12.8 Å². The van der Waals surface area contributed by atoms with E-state index in [0.29, 0.717) is 13.1 Å². The molecule has 2 heterocycles. The van der Waals surface area contributed by atoms with Crippen molar-refractivity contribution in [3.8, 4) is 0 Å². The van der Waals surface area contributed by atoms with Crippen molar-refractivity contribution in [1.29, 1.82) is 0 Å². The number of aromatic nitrogens is 1. The normalized spacial score (nSPS) is 16.2. The third kappa shape index (κ3) is 3.27. The number of nitrogens with one attached hydrogen (secondary N) is 1. The van der Waals surface area contributed by atoms with E-state index in [0.717, 1.165) is 12.1 Å². The molecule has 0 atom stereocenters. The monoisotopic (exact) mass is 233 g/mol. The molecule has 5 nitrogen and oxygen atoms in total. The summed E-state index contributed by atoms with van der Waals surface area (Å²) in [7, 11) is 0. The number of carbonyl (C=O) groups excluding carboxylic acids is 2. The molecule has 0 saturated carbocycles. The van der Waals surface area contributed by atoms with Crippen molar-refractivity contribution in [1.82, 2.24) is 15.2 Å². The highest BCUT2D eigenvalue weighted by Crippen LogP contribution is 2.02. The highest BCUT2D eigenvalue weighted by atomic mass is 16.2. The van der Waals surface area contributed by atoms with Crippen LogP contribution in [0.2, 0.25) is 0 Å². The van der Waals surface area contributed by atoms with E-state index in [2.05, 4.69) is 10.3 Å². The fourth-order valence-corrected chi connectivity index (χ4v) is 1.79. The molecule has 0 bridgehead atoms. The first kappa shape index (κ1) is 11.6. The van der Waals surface area contributed by atoms with Crippen molar-refractivity contribution < 1.29 is 9.59 Å². The summed E-state index contributed by atoms with van der Waals surface area (Å²) < 4.78 is 0. The lowest BCUT2D eigenvalue weighted by Gasteiger charge is -2.18. The van der Waals surface area contributed by atoms with Gasteiger partial charge in [0.2, 0.25) is 11.8 Å². The number of pyridine rings is 1. The molecule has 2 amide bonds. The van der Waals surface area contributed by atoms with Crippen LogP contribution in [0.3, 0.4) is 0 Å². The van der Waals surface area contributed by atoms with Gasteiger partial charge in [0.15, 0.2) is 0 Å². The molecule has 0 spiro atoms. The molecule has 1 aliphatic rings. The molecule has 1 aliphatic heterocycles. The lowest BCUT2D eigenvalue weighted by atomic mass is 10.2. The topological polar surface area (TPSA) is 62.3 Å². The summed E-state index contributed by atoms with van der Waals surface area (Å²) >= 11 is 0. The van der Waals surface area contributed by atoms with Crippen molar-refractivity contribution in [3.05, 3.63) is 30.1 Å². The first-order chi connectivity index (χ1) is 8.25. The van der Waals surface area contributed by atoms with Crippen LogP contribution in [0.15, 0.2) is 24.4 Å². The molecule has 0 aliphatic carbocycles. The Balaban J connectivity index is 1.97. The molecule has 0 aromatic carbocycles. The first-order valence-electron chi connectivity index (χ1n) is 5.70. The third-order valence-electron chi connectivity index (χ3n) is 2.67. The molecule has 1 saturated heterocycles. The zero-order valence-electron chi connectivity index (χ0n) is 9.56. The Morgan fingerprint density at radius 3 is 3.12 bits per heavy atom. The molecule has 5 heteroatoms. The number of hydrogen-bond donors (Lipinski definition) is 1. The summed E-state index contributed by atoms with van der Waals surface area (Å²) in [5.41, 5.74) is 0.738. The van der Waals surface area contributed by atoms with E-state index in [1.54, 1.807) is 11.1 Å². The Hall–Kier alpha value is -1.91.